The van der Waals surface area contributed by atoms with Crippen LogP contribution in [0.4, 0.5) is 0 Å². The van der Waals surface area contributed by atoms with Gasteiger partial charge >= 0.3 is 0 Å². The molecular weight excluding hydrogens is 160 g/mol. The van der Waals surface area contributed by atoms with E-state index in [1.54, 1.807) is 0 Å². The predicted molar refractivity (Wildman–Crippen MR) is 57.1 cm³/mol. The summed E-state index contributed by atoms with van der Waals surface area (Å²) in [6, 6.07) is 0.512. The van der Waals surface area contributed by atoms with Crippen molar-refractivity contribution in [2.45, 2.75) is 51.0 Å². The minimum absolute atomic E-state index is 0.512. The topological polar surface area (TPSA) is 38.0 Å². The number of nitrogens with two attached hydrogens (primary N) is 1. The van der Waals surface area contributed by atoms with Gasteiger partial charge in [-0.2, -0.15) is 0 Å². The zero-order valence-electron chi connectivity index (χ0n) is 8.47. The summed E-state index contributed by atoms with van der Waals surface area (Å²) in [6.07, 6.45) is 11.1. The SMILES string of the molecule is C=CCCC(NN)C1CCCCC1. The monoisotopic (exact) mass is 182 g/mol. The molecule has 76 valence electrons. The molecule has 3 N–H and O–H groups in total. The van der Waals surface area contributed by atoms with Gasteiger partial charge in [0.15, 0.2) is 0 Å². The summed E-state index contributed by atoms with van der Waals surface area (Å²) in [4.78, 5) is 0. The van der Waals surface area contributed by atoms with Gasteiger partial charge in [-0.1, -0.05) is 25.3 Å². The molecule has 0 amide bonds. The molecule has 1 aliphatic carbocycles. The van der Waals surface area contributed by atoms with Gasteiger partial charge in [-0.25, -0.2) is 0 Å². The highest BCUT2D eigenvalue weighted by Crippen LogP contribution is 2.27. The molecule has 0 aromatic rings. The summed E-state index contributed by atoms with van der Waals surface area (Å²) in [7, 11) is 0. The molecule has 0 spiro atoms. The van der Waals surface area contributed by atoms with Crippen molar-refractivity contribution in [2.24, 2.45) is 11.8 Å². The van der Waals surface area contributed by atoms with Gasteiger partial charge in [0.25, 0.3) is 0 Å². The molecule has 0 saturated heterocycles. The van der Waals surface area contributed by atoms with Gasteiger partial charge in [0.05, 0.1) is 0 Å². The normalized spacial score (nSPS) is 21.3. The number of hydrogen-bond donors (Lipinski definition) is 2. The van der Waals surface area contributed by atoms with E-state index in [4.69, 9.17) is 5.84 Å². The minimum Gasteiger partial charge on any atom is -0.271 e. The summed E-state index contributed by atoms with van der Waals surface area (Å²) in [5, 5.41) is 0. The highest BCUT2D eigenvalue weighted by Gasteiger charge is 2.21. The number of hydrazine groups is 1. The highest BCUT2D eigenvalue weighted by atomic mass is 15.2. The smallest absolute Gasteiger partial charge is 0.0241 e. The highest BCUT2D eigenvalue weighted by molar-refractivity contribution is 4.80. The third-order valence-electron chi connectivity index (χ3n) is 3.11. The molecule has 1 unspecified atom stereocenters. The van der Waals surface area contributed by atoms with E-state index in [1.807, 2.05) is 6.08 Å². The second-order valence-electron chi connectivity index (χ2n) is 4.04. The first kappa shape index (κ1) is 10.7. The van der Waals surface area contributed by atoms with Crippen molar-refractivity contribution in [3.8, 4) is 0 Å². The molecule has 1 fully saturated rings. The molecule has 0 bridgehead atoms. The summed E-state index contributed by atoms with van der Waals surface area (Å²) in [6.45, 7) is 3.74. The molecule has 1 saturated carbocycles. The van der Waals surface area contributed by atoms with E-state index in [9.17, 15) is 0 Å². The van der Waals surface area contributed by atoms with Gasteiger partial charge in [0, 0.05) is 6.04 Å². The molecular formula is C11H22N2. The molecule has 13 heavy (non-hydrogen) atoms. The van der Waals surface area contributed by atoms with Crippen molar-refractivity contribution in [3.63, 3.8) is 0 Å². The lowest BCUT2D eigenvalue weighted by Gasteiger charge is -2.29. The lowest BCUT2D eigenvalue weighted by molar-refractivity contribution is 0.260. The van der Waals surface area contributed by atoms with Crippen molar-refractivity contribution < 1.29 is 0 Å². The standard InChI is InChI=1S/C11H22N2/c1-2-3-9-11(13-12)10-7-5-4-6-8-10/h2,10-11,13H,1,3-9,12H2. The molecule has 0 heterocycles. The van der Waals surface area contributed by atoms with Crippen LogP contribution in [0, 0.1) is 5.92 Å². The molecule has 1 aliphatic rings. The Hall–Kier alpha value is -0.340. The summed E-state index contributed by atoms with van der Waals surface area (Å²) in [5.74, 6) is 6.36. The number of allylic oxidation sites excluding steroid dienone is 1. The second kappa shape index (κ2) is 6.17. The third kappa shape index (κ3) is 3.49. The Kier molecular flexibility index (Phi) is 5.09. The maximum atomic E-state index is 5.56. The first-order valence-electron chi connectivity index (χ1n) is 5.45. The third-order valence-corrected chi connectivity index (χ3v) is 3.11. The number of nitrogens with one attached hydrogen (secondary N) is 1. The van der Waals surface area contributed by atoms with Crippen LogP contribution in [0.3, 0.4) is 0 Å². The van der Waals surface area contributed by atoms with E-state index in [1.165, 1.54) is 32.1 Å². The maximum absolute atomic E-state index is 5.56. The van der Waals surface area contributed by atoms with Gasteiger partial charge < -0.3 is 0 Å². The fraction of sp³-hybridized carbons (Fsp3) is 0.818. The number of hydrogen-bond acceptors (Lipinski definition) is 2. The van der Waals surface area contributed by atoms with Crippen LogP contribution < -0.4 is 11.3 Å². The van der Waals surface area contributed by atoms with E-state index < -0.39 is 0 Å². The van der Waals surface area contributed by atoms with Crippen molar-refractivity contribution in [2.75, 3.05) is 0 Å². The van der Waals surface area contributed by atoms with E-state index >= 15 is 0 Å². The van der Waals surface area contributed by atoms with Crippen LogP contribution in [0.5, 0.6) is 0 Å². The Morgan fingerprint density at radius 1 is 1.38 bits per heavy atom. The zero-order chi connectivity index (χ0) is 9.52. The lowest BCUT2D eigenvalue weighted by atomic mass is 9.82. The average Bonchev–Trinajstić information content (AvgIpc) is 2.21. The van der Waals surface area contributed by atoms with E-state index in [-0.39, 0.29) is 0 Å². The summed E-state index contributed by atoms with van der Waals surface area (Å²) < 4.78 is 0. The van der Waals surface area contributed by atoms with Crippen LogP contribution in [-0.4, -0.2) is 6.04 Å². The van der Waals surface area contributed by atoms with Crippen LogP contribution in [-0.2, 0) is 0 Å². The van der Waals surface area contributed by atoms with Crippen molar-refractivity contribution in [1.29, 1.82) is 0 Å². The number of rotatable bonds is 5. The van der Waals surface area contributed by atoms with Crippen LogP contribution >= 0.6 is 0 Å². The first-order chi connectivity index (χ1) is 6.38. The Bertz CT molecular complexity index is 139. The van der Waals surface area contributed by atoms with Gasteiger partial charge in [-0.15, -0.1) is 6.58 Å². The van der Waals surface area contributed by atoms with Gasteiger partial charge in [-0.05, 0) is 31.6 Å². The molecule has 0 aromatic heterocycles. The first-order valence-corrected chi connectivity index (χ1v) is 5.45. The fourth-order valence-electron chi connectivity index (χ4n) is 2.29. The molecule has 0 aromatic carbocycles. The summed E-state index contributed by atoms with van der Waals surface area (Å²) in [5.41, 5.74) is 2.96. The molecule has 0 radical (unpaired) electrons. The van der Waals surface area contributed by atoms with E-state index in [0.29, 0.717) is 6.04 Å². The minimum atomic E-state index is 0.512. The largest absolute Gasteiger partial charge is 0.271 e. The van der Waals surface area contributed by atoms with Crippen LogP contribution in [0.1, 0.15) is 44.9 Å². The molecule has 1 rings (SSSR count). The van der Waals surface area contributed by atoms with Gasteiger partial charge in [-0.3, -0.25) is 11.3 Å². The predicted octanol–water partition coefficient (Wildman–Crippen LogP) is 2.36. The second-order valence-corrected chi connectivity index (χ2v) is 4.04. The molecule has 2 heteroatoms. The van der Waals surface area contributed by atoms with Crippen LogP contribution in [0.15, 0.2) is 12.7 Å². The zero-order valence-corrected chi connectivity index (χ0v) is 8.47. The van der Waals surface area contributed by atoms with Gasteiger partial charge in [0.1, 0.15) is 0 Å². The maximum Gasteiger partial charge on any atom is 0.0241 e. The van der Waals surface area contributed by atoms with Crippen molar-refractivity contribution in [1.82, 2.24) is 5.43 Å². The lowest BCUT2D eigenvalue weighted by Crippen LogP contribution is -2.41. The Balaban J connectivity index is 2.29. The molecule has 1 atom stereocenters. The van der Waals surface area contributed by atoms with Gasteiger partial charge in [0.2, 0.25) is 0 Å². The Morgan fingerprint density at radius 3 is 2.62 bits per heavy atom. The van der Waals surface area contributed by atoms with Crippen molar-refractivity contribution >= 4 is 0 Å². The summed E-state index contributed by atoms with van der Waals surface area (Å²) >= 11 is 0. The average molecular weight is 182 g/mol. The quantitative estimate of drug-likeness (QED) is 0.389. The molecule has 2 nitrogen and oxygen atoms in total. The Morgan fingerprint density at radius 2 is 2.08 bits per heavy atom. The van der Waals surface area contributed by atoms with Crippen molar-refractivity contribution in [3.05, 3.63) is 12.7 Å². The Labute approximate surface area is 81.6 Å². The van der Waals surface area contributed by atoms with E-state index in [2.05, 4.69) is 12.0 Å². The van der Waals surface area contributed by atoms with Crippen LogP contribution in [0.25, 0.3) is 0 Å². The fourth-order valence-corrected chi connectivity index (χ4v) is 2.29. The van der Waals surface area contributed by atoms with E-state index in [0.717, 1.165) is 18.8 Å². The van der Waals surface area contributed by atoms with Crippen LogP contribution in [0.2, 0.25) is 0 Å². The molecule has 0 aliphatic heterocycles.